The van der Waals surface area contributed by atoms with Crippen LogP contribution in [0.4, 0.5) is 11.4 Å². The van der Waals surface area contributed by atoms with Crippen LogP contribution in [0.5, 0.6) is 23.0 Å². The maximum absolute atomic E-state index is 12.8. The van der Waals surface area contributed by atoms with E-state index in [1.807, 2.05) is 6.07 Å². The summed E-state index contributed by atoms with van der Waals surface area (Å²) >= 11 is 0. The molecule has 0 aliphatic rings. The molecular formula is C27H23N3O8. The first-order valence-corrected chi connectivity index (χ1v) is 11.2. The van der Waals surface area contributed by atoms with Crippen molar-refractivity contribution in [2.45, 2.75) is 6.92 Å². The first-order chi connectivity index (χ1) is 18.3. The van der Waals surface area contributed by atoms with Gasteiger partial charge in [0.05, 0.1) is 43.1 Å². The van der Waals surface area contributed by atoms with Crippen LogP contribution in [0.2, 0.25) is 0 Å². The van der Waals surface area contributed by atoms with Crippen LogP contribution in [0, 0.1) is 21.4 Å². The summed E-state index contributed by atoms with van der Waals surface area (Å²) in [6, 6.07) is 16.5. The number of carbonyl (C=O) groups is 2. The summed E-state index contributed by atoms with van der Waals surface area (Å²) in [6.45, 7) is 2.02. The van der Waals surface area contributed by atoms with Gasteiger partial charge < -0.3 is 24.3 Å². The van der Waals surface area contributed by atoms with E-state index in [0.29, 0.717) is 16.9 Å². The van der Waals surface area contributed by atoms with Gasteiger partial charge >= 0.3 is 5.97 Å². The topological polar surface area (TPSA) is 150 Å². The molecule has 3 aromatic carbocycles. The molecule has 3 rings (SSSR count). The highest BCUT2D eigenvalue weighted by molar-refractivity contribution is 6.10. The van der Waals surface area contributed by atoms with Crippen LogP contribution >= 0.6 is 0 Å². The number of hydrogen-bond acceptors (Lipinski definition) is 9. The van der Waals surface area contributed by atoms with Crippen molar-refractivity contribution in [2.75, 3.05) is 26.1 Å². The largest absolute Gasteiger partial charge is 0.497 e. The Morgan fingerprint density at radius 1 is 1.00 bits per heavy atom. The molecule has 0 fully saturated rings. The van der Waals surface area contributed by atoms with Crippen molar-refractivity contribution in [3.63, 3.8) is 0 Å². The smallest absolute Gasteiger partial charge is 0.343 e. The van der Waals surface area contributed by atoms with Crippen molar-refractivity contribution < 1.29 is 33.5 Å². The summed E-state index contributed by atoms with van der Waals surface area (Å²) in [5, 5.41) is 23.1. The minimum absolute atomic E-state index is 0.0616. The standard InChI is InChI=1S/C27H23N3O8/c1-4-37-25-14-17(5-12-23(25)38-27(32)18-6-9-21(35-2)10-7-18)13-19(16-28)26(31)29-22-11-8-20(30(33)34)15-24(22)36-3/h5-15H,4H2,1-3H3,(H,29,31)/b19-13-. The summed E-state index contributed by atoms with van der Waals surface area (Å²) in [7, 11) is 2.82. The number of carbonyl (C=O) groups excluding carboxylic acids is 2. The molecule has 0 saturated carbocycles. The summed E-state index contributed by atoms with van der Waals surface area (Å²) in [4.78, 5) is 35.7. The van der Waals surface area contributed by atoms with Gasteiger partial charge in [0, 0.05) is 6.07 Å². The van der Waals surface area contributed by atoms with Crippen molar-refractivity contribution in [1.82, 2.24) is 0 Å². The second-order valence-electron chi connectivity index (χ2n) is 7.52. The molecule has 38 heavy (non-hydrogen) atoms. The molecule has 0 radical (unpaired) electrons. The fourth-order valence-corrected chi connectivity index (χ4v) is 3.25. The number of nitro benzene ring substituents is 1. The fraction of sp³-hybridized carbons (Fsp3) is 0.148. The molecule has 0 spiro atoms. The Morgan fingerprint density at radius 3 is 2.34 bits per heavy atom. The van der Waals surface area contributed by atoms with Gasteiger partial charge in [-0.3, -0.25) is 14.9 Å². The van der Waals surface area contributed by atoms with E-state index in [1.165, 1.54) is 44.6 Å². The summed E-state index contributed by atoms with van der Waals surface area (Å²) < 4.78 is 21.3. The van der Waals surface area contributed by atoms with Gasteiger partial charge in [-0.05, 0) is 61.0 Å². The minimum atomic E-state index is -0.757. The number of anilines is 1. The number of nitriles is 1. The van der Waals surface area contributed by atoms with Crippen molar-refractivity contribution in [3.05, 3.63) is 87.5 Å². The molecule has 0 unspecified atom stereocenters. The van der Waals surface area contributed by atoms with Gasteiger partial charge in [-0.1, -0.05) is 6.07 Å². The van der Waals surface area contributed by atoms with Crippen LogP contribution in [-0.4, -0.2) is 37.6 Å². The molecule has 0 bridgehead atoms. The highest BCUT2D eigenvalue weighted by atomic mass is 16.6. The first kappa shape index (κ1) is 27.2. The molecule has 194 valence electrons. The molecule has 1 amide bonds. The van der Waals surface area contributed by atoms with E-state index in [2.05, 4.69) is 5.32 Å². The molecule has 0 heterocycles. The molecular weight excluding hydrogens is 494 g/mol. The van der Waals surface area contributed by atoms with Crippen molar-refractivity contribution >= 4 is 29.3 Å². The van der Waals surface area contributed by atoms with E-state index in [4.69, 9.17) is 18.9 Å². The van der Waals surface area contributed by atoms with Gasteiger partial charge in [0.25, 0.3) is 11.6 Å². The number of amides is 1. The SMILES string of the molecule is CCOc1cc(/C=C(/C#N)C(=O)Nc2ccc([N+](=O)[O-])cc2OC)ccc1OC(=O)c1ccc(OC)cc1. The van der Waals surface area contributed by atoms with Crippen LogP contribution in [-0.2, 0) is 4.79 Å². The number of non-ortho nitro benzene ring substituents is 1. The van der Waals surface area contributed by atoms with E-state index in [0.717, 1.165) is 6.07 Å². The molecule has 0 aromatic heterocycles. The third-order valence-electron chi connectivity index (χ3n) is 5.12. The van der Waals surface area contributed by atoms with Gasteiger partial charge in [0.15, 0.2) is 11.5 Å². The zero-order valence-corrected chi connectivity index (χ0v) is 20.7. The first-order valence-electron chi connectivity index (χ1n) is 11.2. The molecule has 1 N–H and O–H groups in total. The quantitative estimate of drug-likeness (QED) is 0.100. The molecule has 0 atom stereocenters. The second kappa shape index (κ2) is 12.5. The number of nitrogens with one attached hydrogen (secondary N) is 1. The number of methoxy groups -OCH3 is 2. The Morgan fingerprint density at radius 2 is 1.74 bits per heavy atom. The Bertz CT molecular complexity index is 1430. The number of nitrogens with zero attached hydrogens (tertiary/aromatic N) is 2. The minimum Gasteiger partial charge on any atom is -0.497 e. The Balaban J connectivity index is 1.83. The Labute approximate surface area is 218 Å². The number of benzene rings is 3. The lowest BCUT2D eigenvalue weighted by molar-refractivity contribution is -0.384. The summed E-state index contributed by atoms with van der Waals surface area (Å²) in [6.07, 6.45) is 1.32. The molecule has 11 nitrogen and oxygen atoms in total. The summed E-state index contributed by atoms with van der Waals surface area (Å²) in [5.41, 5.74) is 0.422. The average Bonchev–Trinajstić information content (AvgIpc) is 2.93. The van der Waals surface area contributed by atoms with Crippen molar-refractivity contribution in [1.29, 1.82) is 5.26 Å². The third kappa shape index (κ3) is 6.64. The van der Waals surface area contributed by atoms with Crippen LogP contribution in [0.3, 0.4) is 0 Å². The number of ether oxygens (including phenoxy) is 4. The normalized spacial score (nSPS) is 10.6. The van der Waals surface area contributed by atoms with Gasteiger partial charge in [-0.25, -0.2) is 4.79 Å². The van der Waals surface area contributed by atoms with E-state index in [9.17, 15) is 25.0 Å². The zero-order valence-electron chi connectivity index (χ0n) is 20.7. The number of nitro groups is 1. The monoisotopic (exact) mass is 517 g/mol. The molecule has 0 aliphatic carbocycles. The number of rotatable bonds is 10. The van der Waals surface area contributed by atoms with Crippen molar-refractivity contribution in [2.24, 2.45) is 0 Å². The second-order valence-corrected chi connectivity index (χ2v) is 7.52. The van der Waals surface area contributed by atoms with E-state index < -0.39 is 16.8 Å². The fourth-order valence-electron chi connectivity index (χ4n) is 3.25. The van der Waals surface area contributed by atoms with Crippen molar-refractivity contribution in [3.8, 4) is 29.1 Å². The maximum Gasteiger partial charge on any atom is 0.343 e. The zero-order chi connectivity index (χ0) is 27.7. The lowest BCUT2D eigenvalue weighted by atomic mass is 10.1. The molecule has 11 heteroatoms. The lowest BCUT2D eigenvalue weighted by Gasteiger charge is -2.12. The lowest BCUT2D eigenvalue weighted by Crippen LogP contribution is -2.14. The predicted molar refractivity (Wildman–Crippen MR) is 137 cm³/mol. The number of hydrogen-bond donors (Lipinski definition) is 1. The van der Waals surface area contributed by atoms with Gasteiger partial charge in [-0.2, -0.15) is 5.26 Å². The maximum atomic E-state index is 12.8. The molecule has 3 aromatic rings. The van der Waals surface area contributed by atoms with Crippen LogP contribution in [0.25, 0.3) is 6.08 Å². The molecule has 0 saturated heterocycles. The molecule has 0 aliphatic heterocycles. The van der Waals surface area contributed by atoms with Crippen LogP contribution in [0.15, 0.2) is 66.2 Å². The van der Waals surface area contributed by atoms with Crippen LogP contribution in [0.1, 0.15) is 22.8 Å². The van der Waals surface area contributed by atoms with Gasteiger partial charge in [-0.15, -0.1) is 0 Å². The predicted octanol–water partition coefficient (Wildman–Crippen LogP) is 4.78. The van der Waals surface area contributed by atoms with Gasteiger partial charge in [0.2, 0.25) is 0 Å². The highest BCUT2D eigenvalue weighted by Gasteiger charge is 2.17. The van der Waals surface area contributed by atoms with E-state index in [-0.39, 0.29) is 40.8 Å². The number of esters is 1. The van der Waals surface area contributed by atoms with Gasteiger partial charge in [0.1, 0.15) is 23.1 Å². The van der Waals surface area contributed by atoms with E-state index in [1.54, 1.807) is 37.3 Å². The highest BCUT2D eigenvalue weighted by Crippen LogP contribution is 2.31. The van der Waals surface area contributed by atoms with E-state index >= 15 is 0 Å². The van der Waals surface area contributed by atoms with Crippen LogP contribution < -0.4 is 24.3 Å². The third-order valence-corrected chi connectivity index (χ3v) is 5.12. The Hall–Kier alpha value is -5.37. The average molecular weight is 517 g/mol. The Kier molecular flexibility index (Phi) is 8.99. The summed E-state index contributed by atoms with van der Waals surface area (Å²) in [5.74, 6) is -0.316.